The van der Waals surface area contributed by atoms with E-state index in [-0.39, 0.29) is 17.6 Å². The predicted molar refractivity (Wildman–Crippen MR) is 127 cm³/mol. The van der Waals surface area contributed by atoms with Crippen LogP contribution in [0, 0.1) is 5.92 Å². The van der Waals surface area contributed by atoms with Crippen LogP contribution in [-0.4, -0.2) is 51.2 Å². The summed E-state index contributed by atoms with van der Waals surface area (Å²) in [5.74, 6) is 1.19. The summed E-state index contributed by atoms with van der Waals surface area (Å²) in [6, 6.07) is 15.7. The number of benzene rings is 1. The average molecular weight is 458 g/mol. The molecule has 1 aliphatic carbocycles. The number of hydrogen-bond donors (Lipinski definition) is 1. The van der Waals surface area contributed by atoms with Gasteiger partial charge in [-0.1, -0.05) is 36.4 Å². The van der Waals surface area contributed by atoms with Crippen molar-refractivity contribution in [1.82, 2.24) is 4.98 Å². The molecular weight excluding hydrogens is 426 g/mol. The molecule has 0 spiro atoms. The van der Waals surface area contributed by atoms with Crippen LogP contribution < -0.4 is 10.5 Å². The molecule has 1 aromatic carbocycles. The summed E-state index contributed by atoms with van der Waals surface area (Å²) in [5, 5.41) is 0. The van der Waals surface area contributed by atoms with Crippen molar-refractivity contribution >= 4 is 21.6 Å². The number of piperidine rings is 1. The number of sulfonamides is 1. The first-order valence-corrected chi connectivity index (χ1v) is 13.1. The molecule has 2 heterocycles. The van der Waals surface area contributed by atoms with Crippen LogP contribution in [0.25, 0.3) is 0 Å². The number of anilines is 1. The standard InChI is InChI=1S/C24H31N3O4S/c1-32(29,30)26-22-14-15-27(23-8-5-9-24(28)25-23)16-20(22)17-31-21-12-10-19(11-13-21)18-6-3-2-4-7-18/h2-9,19-21H,10-17H2,1H3,(H,25,28)/b26-22+/t19?,20-,21?/m0/s1. The second-order valence-electron chi connectivity index (χ2n) is 8.83. The van der Waals surface area contributed by atoms with Crippen molar-refractivity contribution in [3.63, 3.8) is 0 Å². The van der Waals surface area contributed by atoms with Crippen LogP contribution in [0.3, 0.4) is 0 Å². The van der Waals surface area contributed by atoms with Crippen molar-refractivity contribution in [3.05, 3.63) is 64.4 Å². The monoisotopic (exact) mass is 457 g/mol. The zero-order valence-corrected chi connectivity index (χ0v) is 19.3. The Morgan fingerprint density at radius 3 is 2.50 bits per heavy atom. The van der Waals surface area contributed by atoms with Gasteiger partial charge in [0, 0.05) is 37.2 Å². The van der Waals surface area contributed by atoms with Gasteiger partial charge in [0.25, 0.3) is 0 Å². The molecule has 2 fully saturated rings. The zero-order chi connectivity index (χ0) is 22.6. The Labute approximate surface area is 189 Å². The van der Waals surface area contributed by atoms with Crippen LogP contribution >= 0.6 is 0 Å². The first-order valence-electron chi connectivity index (χ1n) is 11.3. The first kappa shape index (κ1) is 22.7. The zero-order valence-electron chi connectivity index (χ0n) is 18.4. The molecule has 7 nitrogen and oxygen atoms in total. The van der Waals surface area contributed by atoms with Gasteiger partial charge >= 0.3 is 0 Å². The Hall–Kier alpha value is -2.45. The van der Waals surface area contributed by atoms with Crippen molar-refractivity contribution in [2.75, 3.05) is 30.9 Å². The van der Waals surface area contributed by atoms with Crippen LogP contribution in [0.2, 0.25) is 0 Å². The maximum absolute atomic E-state index is 11.8. The number of rotatable bonds is 6. The van der Waals surface area contributed by atoms with Gasteiger partial charge in [0.1, 0.15) is 5.82 Å². The van der Waals surface area contributed by atoms with E-state index in [0.717, 1.165) is 37.8 Å². The summed E-state index contributed by atoms with van der Waals surface area (Å²) >= 11 is 0. The maximum Gasteiger partial charge on any atom is 0.250 e. The molecule has 0 unspecified atom stereocenters. The van der Waals surface area contributed by atoms with Gasteiger partial charge in [-0.15, -0.1) is 0 Å². The highest BCUT2D eigenvalue weighted by molar-refractivity contribution is 7.89. The van der Waals surface area contributed by atoms with Crippen LogP contribution in [0.1, 0.15) is 43.6 Å². The lowest BCUT2D eigenvalue weighted by molar-refractivity contribution is 0.0147. The SMILES string of the molecule is CS(=O)(=O)/N=C1\CCN(c2cccc(=O)[nH]2)C[C@H]1COC1CCC(c2ccccc2)CC1. The summed E-state index contributed by atoms with van der Waals surface area (Å²) in [6.45, 7) is 1.60. The van der Waals surface area contributed by atoms with E-state index in [9.17, 15) is 13.2 Å². The van der Waals surface area contributed by atoms with Crippen molar-refractivity contribution in [1.29, 1.82) is 0 Å². The quantitative estimate of drug-likeness (QED) is 0.718. The Balaban J connectivity index is 1.39. The Kier molecular flexibility index (Phi) is 7.10. The highest BCUT2D eigenvalue weighted by Gasteiger charge is 2.30. The number of nitrogens with zero attached hydrogens (tertiary/aromatic N) is 2. The van der Waals surface area contributed by atoms with Gasteiger partial charge in [-0.2, -0.15) is 4.40 Å². The summed E-state index contributed by atoms with van der Waals surface area (Å²) in [4.78, 5) is 16.6. The number of pyridine rings is 1. The van der Waals surface area contributed by atoms with Crippen LogP contribution in [0.4, 0.5) is 5.82 Å². The van der Waals surface area contributed by atoms with Crippen molar-refractivity contribution in [2.24, 2.45) is 10.3 Å². The highest BCUT2D eigenvalue weighted by Crippen LogP contribution is 2.34. The molecule has 8 heteroatoms. The number of nitrogens with one attached hydrogen (secondary N) is 1. The molecule has 0 radical (unpaired) electrons. The third-order valence-corrected chi connectivity index (χ3v) is 6.97. The van der Waals surface area contributed by atoms with Gasteiger partial charge in [-0.3, -0.25) is 4.79 Å². The van der Waals surface area contributed by atoms with E-state index in [1.807, 2.05) is 12.1 Å². The minimum absolute atomic E-state index is 0.131. The molecule has 1 atom stereocenters. The summed E-state index contributed by atoms with van der Waals surface area (Å²) in [7, 11) is -3.47. The molecule has 1 aromatic heterocycles. The van der Waals surface area contributed by atoms with E-state index >= 15 is 0 Å². The van der Waals surface area contributed by atoms with Crippen LogP contribution in [0.5, 0.6) is 0 Å². The number of H-pyrrole nitrogens is 1. The highest BCUT2D eigenvalue weighted by atomic mass is 32.2. The third-order valence-electron chi connectivity index (χ3n) is 6.40. The van der Waals surface area contributed by atoms with E-state index in [4.69, 9.17) is 4.74 Å². The molecule has 1 saturated carbocycles. The molecule has 4 rings (SSSR count). The minimum atomic E-state index is -3.47. The van der Waals surface area contributed by atoms with E-state index in [0.29, 0.717) is 37.7 Å². The van der Waals surface area contributed by atoms with E-state index in [2.05, 4.69) is 38.5 Å². The fourth-order valence-electron chi connectivity index (χ4n) is 4.78. The predicted octanol–water partition coefficient (Wildman–Crippen LogP) is 3.34. The van der Waals surface area contributed by atoms with Gasteiger partial charge in [0.05, 0.1) is 19.0 Å². The molecule has 1 saturated heterocycles. The van der Waals surface area contributed by atoms with E-state index in [1.54, 1.807) is 6.07 Å². The molecule has 32 heavy (non-hydrogen) atoms. The lowest BCUT2D eigenvalue weighted by Gasteiger charge is -2.36. The number of aromatic amines is 1. The van der Waals surface area contributed by atoms with Crippen LogP contribution in [-0.2, 0) is 14.8 Å². The summed E-state index contributed by atoms with van der Waals surface area (Å²) in [6.07, 6.45) is 6.03. The lowest BCUT2D eigenvalue weighted by Crippen LogP contribution is -2.44. The number of ether oxygens (including phenoxy) is 1. The third kappa shape index (κ3) is 6.07. The molecule has 1 aliphatic heterocycles. The largest absolute Gasteiger partial charge is 0.377 e. The maximum atomic E-state index is 11.8. The molecular formula is C24H31N3O4S. The van der Waals surface area contributed by atoms with Crippen molar-refractivity contribution in [2.45, 2.75) is 44.1 Å². The Morgan fingerprint density at radius 1 is 1.06 bits per heavy atom. The van der Waals surface area contributed by atoms with Gasteiger partial charge in [0.2, 0.25) is 15.6 Å². The molecule has 172 valence electrons. The van der Waals surface area contributed by atoms with Gasteiger partial charge in [-0.05, 0) is 43.2 Å². The van der Waals surface area contributed by atoms with Crippen LogP contribution in [0.15, 0.2) is 57.7 Å². The minimum Gasteiger partial charge on any atom is -0.377 e. The second-order valence-corrected chi connectivity index (χ2v) is 10.5. The second kappa shape index (κ2) is 10.0. The van der Waals surface area contributed by atoms with Crippen molar-refractivity contribution < 1.29 is 13.2 Å². The Bertz CT molecular complexity index is 1090. The fourth-order valence-corrected chi connectivity index (χ4v) is 5.44. The number of aromatic nitrogens is 1. The van der Waals surface area contributed by atoms with E-state index in [1.165, 1.54) is 11.6 Å². The van der Waals surface area contributed by atoms with Gasteiger partial charge < -0.3 is 14.6 Å². The topological polar surface area (TPSA) is 91.8 Å². The smallest absolute Gasteiger partial charge is 0.250 e. The van der Waals surface area contributed by atoms with Gasteiger partial charge in [0.15, 0.2) is 0 Å². The lowest BCUT2D eigenvalue weighted by atomic mass is 9.83. The summed E-state index contributed by atoms with van der Waals surface area (Å²) in [5.41, 5.74) is 1.91. The summed E-state index contributed by atoms with van der Waals surface area (Å²) < 4.78 is 34.0. The molecule has 0 bridgehead atoms. The van der Waals surface area contributed by atoms with Crippen molar-refractivity contribution in [3.8, 4) is 0 Å². The average Bonchev–Trinajstić information content (AvgIpc) is 2.78. The van der Waals surface area contributed by atoms with E-state index < -0.39 is 10.0 Å². The molecule has 2 aliphatic rings. The first-order chi connectivity index (χ1) is 15.4. The fraction of sp³-hybridized carbons (Fsp3) is 0.500. The molecule has 0 amide bonds. The Morgan fingerprint density at radius 2 is 1.81 bits per heavy atom. The van der Waals surface area contributed by atoms with Gasteiger partial charge in [-0.25, -0.2) is 8.42 Å². The molecule has 2 aromatic rings. The molecule has 1 N–H and O–H groups in total. The normalized spacial score (nSPS) is 25.7. The number of hydrogen-bond acceptors (Lipinski definition) is 5.